The monoisotopic (exact) mass is 283 g/mol. The van der Waals surface area contributed by atoms with E-state index in [2.05, 4.69) is 35.0 Å². The molecule has 1 aromatic carbocycles. The first-order chi connectivity index (χ1) is 10.2. The van der Waals surface area contributed by atoms with Crippen LogP contribution in [0.2, 0.25) is 0 Å². The minimum absolute atomic E-state index is 0.00407. The molecule has 0 radical (unpaired) electrons. The number of imidazole rings is 1. The highest BCUT2D eigenvalue weighted by molar-refractivity contribution is 5.79. The van der Waals surface area contributed by atoms with Crippen molar-refractivity contribution in [3.8, 4) is 0 Å². The molecule has 110 valence electrons. The fourth-order valence-electron chi connectivity index (χ4n) is 2.98. The Morgan fingerprint density at radius 3 is 3.05 bits per heavy atom. The van der Waals surface area contributed by atoms with Crippen LogP contribution in [-0.4, -0.2) is 27.0 Å². The van der Waals surface area contributed by atoms with Gasteiger partial charge in [0, 0.05) is 25.7 Å². The standard InChI is InChI=1S/C17H21N3O/c1-3-4-5-6-10-19-12-14-8-7-9-15-16(14)20(11-13(19)2)17(21)18-15/h3-9,13H,10-12H2,1-2H3,(H,18,21). The molecule has 4 nitrogen and oxygen atoms in total. The van der Waals surface area contributed by atoms with Crippen LogP contribution < -0.4 is 5.69 Å². The third-order valence-corrected chi connectivity index (χ3v) is 4.10. The van der Waals surface area contributed by atoms with Crippen molar-refractivity contribution in [3.05, 3.63) is 58.6 Å². The molecule has 21 heavy (non-hydrogen) atoms. The number of rotatable bonds is 3. The van der Waals surface area contributed by atoms with Gasteiger partial charge >= 0.3 is 5.69 Å². The minimum Gasteiger partial charge on any atom is -0.306 e. The van der Waals surface area contributed by atoms with Crippen molar-refractivity contribution in [1.82, 2.24) is 14.5 Å². The van der Waals surface area contributed by atoms with Gasteiger partial charge in [0.2, 0.25) is 0 Å². The Balaban J connectivity index is 1.95. The van der Waals surface area contributed by atoms with Gasteiger partial charge in [-0.05, 0) is 25.5 Å². The van der Waals surface area contributed by atoms with Crippen LogP contribution in [0.5, 0.6) is 0 Å². The van der Waals surface area contributed by atoms with Crippen LogP contribution in [0.4, 0.5) is 0 Å². The van der Waals surface area contributed by atoms with Gasteiger partial charge in [0.25, 0.3) is 0 Å². The van der Waals surface area contributed by atoms with Gasteiger partial charge < -0.3 is 4.98 Å². The van der Waals surface area contributed by atoms with Crippen LogP contribution in [0.15, 0.2) is 47.3 Å². The lowest BCUT2D eigenvalue weighted by molar-refractivity contribution is 0.210. The summed E-state index contributed by atoms with van der Waals surface area (Å²) in [5.74, 6) is 0. The summed E-state index contributed by atoms with van der Waals surface area (Å²) in [4.78, 5) is 17.5. The molecule has 0 bridgehead atoms. The minimum atomic E-state index is -0.00407. The smallest absolute Gasteiger partial charge is 0.306 e. The van der Waals surface area contributed by atoms with Crippen molar-refractivity contribution in [1.29, 1.82) is 0 Å². The highest BCUT2D eigenvalue weighted by Gasteiger charge is 2.22. The van der Waals surface area contributed by atoms with Crippen molar-refractivity contribution in [2.75, 3.05) is 6.54 Å². The zero-order valence-corrected chi connectivity index (χ0v) is 12.5. The molecule has 0 saturated carbocycles. The Hall–Kier alpha value is -2.07. The number of hydrogen-bond donors (Lipinski definition) is 1. The summed E-state index contributed by atoms with van der Waals surface area (Å²) in [7, 11) is 0. The van der Waals surface area contributed by atoms with Crippen molar-refractivity contribution in [2.45, 2.75) is 33.0 Å². The zero-order valence-electron chi connectivity index (χ0n) is 12.5. The first kappa shape index (κ1) is 13.9. The number of aromatic amines is 1. The topological polar surface area (TPSA) is 41.0 Å². The van der Waals surface area contributed by atoms with E-state index in [1.165, 1.54) is 5.56 Å². The second kappa shape index (κ2) is 5.74. The Labute approximate surface area is 124 Å². The van der Waals surface area contributed by atoms with E-state index >= 15 is 0 Å². The van der Waals surface area contributed by atoms with E-state index < -0.39 is 0 Å². The molecule has 4 heteroatoms. The Bertz CT molecular complexity index is 751. The quantitative estimate of drug-likeness (QED) is 0.880. The van der Waals surface area contributed by atoms with Gasteiger partial charge in [-0.3, -0.25) is 9.47 Å². The van der Waals surface area contributed by atoms with Gasteiger partial charge in [-0.1, -0.05) is 36.4 Å². The van der Waals surface area contributed by atoms with Crippen LogP contribution >= 0.6 is 0 Å². The number of hydrogen-bond acceptors (Lipinski definition) is 2. The molecule has 1 atom stereocenters. The Morgan fingerprint density at radius 1 is 1.38 bits per heavy atom. The lowest BCUT2D eigenvalue weighted by Crippen LogP contribution is -2.35. The van der Waals surface area contributed by atoms with Gasteiger partial charge in [0.1, 0.15) is 0 Å². The summed E-state index contributed by atoms with van der Waals surface area (Å²) >= 11 is 0. The molecule has 1 aromatic heterocycles. The summed E-state index contributed by atoms with van der Waals surface area (Å²) < 4.78 is 1.88. The van der Waals surface area contributed by atoms with Crippen LogP contribution in [0.3, 0.4) is 0 Å². The van der Waals surface area contributed by atoms with E-state index in [1.807, 2.05) is 35.8 Å². The number of nitrogens with one attached hydrogen (secondary N) is 1. The molecular weight excluding hydrogens is 262 g/mol. The zero-order chi connectivity index (χ0) is 14.8. The summed E-state index contributed by atoms with van der Waals surface area (Å²) in [6, 6.07) is 6.43. The molecule has 1 unspecified atom stereocenters. The molecule has 0 amide bonds. The average Bonchev–Trinajstić information content (AvgIpc) is 2.70. The first-order valence-corrected chi connectivity index (χ1v) is 7.43. The van der Waals surface area contributed by atoms with Gasteiger partial charge in [-0.25, -0.2) is 4.79 Å². The van der Waals surface area contributed by atoms with Crippen LogP contribution in [0.1, 0.15) is 19.4 Å². The second-order valence-electron chi connectivity index (χ2n) is 5.59. The first-order valence-electron chi connectivity index (χ1n) is 7.43. The number of aromatic nitrogens is 2. The van der Waals surface area contributed by atoms with Crippen molar-refractivity contribution in [2.24, 2.45) is 0 Å². The largest absolute Gasteiger partial charge is 0.326 e. The van der Waals surface area contributed by atoms with Gasteiger partial charge in [0.05, 0.1) is 11.0 Å². The lowest BCUT2D eigenvalue weighted by Gasteiger charge is -2.25. The predicted octanol–water partition coefficient (Wildman–Crippen LogP) is 2.67. The molecule has 0 spiro atoms. The number of para-hydroxylation sites is 1. The van der Waals surface area contributed by atoms with E-state index in [4.69, 9.17) is 0 Å². The molecule has 1 N–H and O–H groups in total. The maximum Gasteiger partial charge on any atom is 0.326 e. The Kier molecular flexibility index (Phi) is 3.80. The fourth-order valence-corrected chi connectivity index (χ4v) is 2.98. The molecule has 0 aliphatic carbocycles. The maximum atomic E-state index is 12.1. The van der Waals surface area contributed by atoms with E-state index in [0.29, 0.717) is 6.04 Å². The molecular formula is C17H21N3O. The van der Waals surface area contributed by atoms with Gasteiger partial charge in [-0.2, -0.15) is 0 Å². The van der Waals surface area contributed by atoms with Crippen molar-refractivity contribution in [3.63, 3.8) is 0 Å². The summed E-state index contributed by atoms with van der Waals surface area (Å²) in [5.41, 5.74) is 3.22. The molecule has 3 rings (SSSR count). The molecule has 0 fully saturated rings. The molecule has 2 heterocycles. The summed E-state index contributed by atoms with van der Waals surface area (Å²) in [6.45, 7) is 6.69. The van der Waals surface area contributed by atoms with Gasteiger partial charge in [0.15, 0.2) is 0 Å². The van der Waals surface area contributed by atoms with Crippen molar-refractivity contribution < 1.29 is 0 Å². The molecule has 0 saturated heterocycles. The highest BCUT2D eigenvalue weighted by Crippen LogP contribution is 2.23. The maximum absolute atomic E-state index is 12.1. The average molecular weight is 283 g/mol. The second-order valence-corrected chi connectivity index (χ2v) is 5.59. The summed E-state index contributed by atoms with van der Waals surface area (Å²) in [5, 5.41) is 0. The Morgan fingerprint density at radius 2 is 2.24 bits per heavy atom. The lowest BCUT2D eigenvalue weighted by atomic mass is 10.1. The number of H-pyrrole nitrogens is 1. The van der Waals surface area contributed by atoms with E-state index in [0.717, 1.165) is 30.7 Å². The highest BCUT2D eigenvalue weighted by atomic mass is 16.1. The van der Waals surface area contributed by atoms with E-state index in [1.54, 1.807) is 0 Å². The van der Waals surface area contributed by atoms with E-state index in [-0.39, 0.29) is 5.69 Å². The number of benzene rings is 1. The third kappa shape index (κ3) is 2.59. The number of allylic oxidation sites excluding steroid dienone is 3. The van der Waals surface area contributed by atoms with Crippen molar-refractivity contribution >= 4 is 11.0 Å². The molecule has 1 aliphatic rings. The fraction of sp³-hybridized carbons (Fsp3) is 0.353. The molecule has 1 aliphatic heterocycles. The van der Waals surface area contributed by atoms with Crippen LogP contribution in [-0.2, 0) is 13.1 Å². The molecule has 2 aromatic rings. The van der Waals surface area contributed by atoms with Crippen LogP contribution in [0, 0.1) is 0 Å². The van der Waals surface area contributed by atoms with Crippen LogP contribution in [0.25, 0.3) is 11.0 Å². The SMILES string of the molecule is CC=CC=CCN1Cc2cccc3[nH]c(=O)n(c23)CC1C. The normalized spacial score (nSPS) is 19.8. The summed E-state index contributed by atoms with van der Waals surface area (Å²) in [6.07, 6.45) is 8.30. The van der Waals surface area contributed by atoms with Gasteiger partial charge in [-0.15, -0.1) is 0 Å². The third-order valence-electron chi connectivity index (χ3n) is 4.10. The van der Waals surface area contributed by atoms with E-state index in [9.17, 15) is 4.79 Å². The predicted molar refractivity (Wildman–Crippen MR) is 86.4 cm³/mol. The number of nitrogens with zero attached hydrogens (tertiary/aromatic N) is 2.